The average Bonchev–Trinajstić information content (AvgIpc) is 2.96. The van der Waals surface area contributed by atoms with E-state index in [1.165, 1.54) is 17.3 Å². The Morgan fingerprint density at radius 2 is 1.81 bits per heavy atom. The van der Waals surface area contributed by atoms with Crippen molar-refractivity contribution in [3.63, 3.8) is 0 Å². The molecular formula is C23H17ClN4O2S. The number of aromatic nitrogens is 3. The van der Waals surface area contributed by atoms with Crippen LogP contribution in [0.4, 0.5) is 5.69 Å². The number of hydrogen-bond acceptors (Lipinski definition) is 7. The van der Waals surface area contributed by atoms with Gasteiger partial charge in [-0.3, -0.25) is 0 Å². The van der Waals surface area contributed by atoms with Crippen molar-refractivity contribution in [2.45, 2.75) is 17.1 Å². The van der Waals surface area contributed by atoms with Gasteiger partial charge in [-0.1, -0.05) is 71.9 Å². The van der Waals surface area contributed by atoms with Crippen molar-refractivity contribution in [2.75, 3.05) is 5.32 Å². The highest BCUT2D eigenvalue weighted by Crippen LogP contribution is 2.40. The Morgan fingerprint density at radius 1 is 1.00 bits per heavy atom. The molecule has 0 saturated carbocycles. The third-order valence-electron chi connectivity index (χ3n) is 4.82. The van der Waals surface area contributed by atoms with E-state index in [9.17, 15) is 5.11 Å². The Kier molecular flexibility index (Phi) is 5.36. The first kappa shape index (κ1) is 19.7. The highest BCUT2D eigenvalue weighted by Gasteiger charge is 2.26. The number of para-hydroxylation sites is 1. The minimum Gasteiger partial charge on any atom is -0.506 e. The zero-order valence-electron chi connectivity index (χ0n) is 16.2. The first-order valence-electron chi connectivity index (χ1n) is 9.60. The summed E-state index contributed by atoms with van der Waals surface area (Å²) >= 11 is 7.62. The van der Waals surface area contributed by atoms with Gasteiger partial charge in [0, 0.05) is 22.6 Å². The summed E-state index contributed by atoms with van der Waals surface area (Å²) in [6, 6.07) is 22.8. The van der Waals surface area contributed by atoms with Gasteiger partial charge in [0.05, 0.1) is 5.02 Å². The van der Waals surface area contributed by atoms with Gasteiger partial charge in [0.1, 0.15) is 5.75 Å². The molecule has 1 aromatic heterocycles. The lowest BCUT2D eigenvalue weighted by molar-refractivity contribution is 0.225. The van der Waals surface area contributed by atoms with E-state index < -0.39 is 6.23 Å². The lowest BCUT2D eigenvalue weighted by Gasteiger charge is -2.19. The summed E-state index contributed by atoms with van der Waals surface area (Å²) in [5.41, 5.74) is 4.19. The van der Waals surface area contributed by atoms with Crippen LogP contribution >= 0.6 is 23.4 Å². The topological polar surface area (TPSA) is 80.2 Å². The zero-order valence-corrected chi connectivity index (χ0v) is 17.8. The quantitative estimate of drug-likeness (QED) is 0.388. The molecule has 0 aliphatic carbocycles. The van der Waals surface area contributed by atoms with Crippen LogP contribution in [0, 0.1) is 0 Å². The largest absolute Gasteiger partial charge is 0.506 e. The van der Waals surface area contributed by atoms with Gasteiger partial charge in [-0.05, 0) is 29.8 Å². The van der Waals surface area contributed by atoms with Gasteiger partial charge in [0.25, 0.3) is 0 Å². The van der Waals surface area contributed by atoms with E-state index >= 15 is 0 Å². The first-order chi connectivity index (χ1) is 15.2. The number of nitrogens with zero attached hydrogens (tertiary/aromatic N) is 3. The second kappa shape index (κ2) is 8.45. The van der Waals surface area contributed by atoms with Crippen molar-refractivity contribution in [2.24, 2.45) is 0 Å². The van der Waals surface area contributed by atoms with Gasteiger partial charge in [-0.15, -0.1) is 10.2 Å². The number of phenols is 1. The van der Waals surface area contributed by atoms with Crippen LogP contribution in [0.25, 0.3) is 11.3 Å². The van der Waals surface area contributed by atoms with Gasteiger partial charge >= 0.3 is 0 Å². The molecular weight excluding hydrogens is 432 g/mol. The minimum absolute atomic E-state index is 0.0171. The minimum atomic E-state index is -0.566. The molecule has 8 heteroatoms. The van der Waals surface area contributed by atoms with Gasteiger partial charge in [0.2, 0.25) is 11.0 Å². The summed E-state index contributed by atoms with van der Waals surface area (Å²) in [7, 11) is 0. The second-order valence-corrected chi connectivity index (χ2v) is 8.27. The monoisotopic (exact) mass is 448 g/mol. The van der Waals surface area contributed by atoms with Crippen molar-refractivity contribution in [3.05, 3.63) is 88.9 Å². The van der Waals surface area contributed by atoms with Crippen molar-refractivity contribution in [1.29, 1.82) is 0 Å². The molecule has 1 aliphatic rings. The average molecular weight is 449 g/mol. The van der Waals surface area contributed by atoms with E-state index in [1.54, 1.807) is 18.2 Å². The molecule has 1 aliphatic heterocycles. The maximum atomic E-state index is 9.78. The molecule has 5 rings (SSSR count). The van der Waals surface area contributed by atoms with E-state index in [0.29, 0.717) is 16.7 Å². The fraction of sp³-hybridized carbons (Fsp3) is 0.0870. The molecule has 4 aromatic rings. The molecule has 0 amide bonds. The van der Waals surface area contributed by atoms with Gasteiger partial charge in [0.15, 0.2) is 11.9 Å². The SMILES string of the molecule is Oc1ccc(C2Nc3ccccc3-c3nnc(SCc4ccccc4)nc3O2)cc1Cl. The molecule has 0 saturated heterocycles. The van der Waals surface area contributed by atoms with Crippen LogP contribution in [-0.4, -0.2) is 20.3 Å². The fourth-order valence-corrected chi connectivity index (χ4v) is 4.19. The predicted molar refractivity (Wildman–Crippen MR) is 121 cm³/mol. The van der Waals surface area contributed by atoms with E-state index in [2.05, 4.69) is 32.6 Å². The number of rotatable bonds is 4. The molecule has 6 nitrogen and oxygen atoms in total. The maximum absolute atomic E-state index is 9.78. The van der Waals surface area contributed by atoms with E-state index in [-0.39, 0.29) is 10.8 Å². The Bertz CT molecular complexity index is 1240. The van der Waals surface area contributed by atoms with Crippen LogP contribution < -0.4 is 10.1 Å². The van der Waals surface area contributed by atoms with Crippen LogP contribution in [0.15, 0.2) is 78.0 Å². The summed E-state index contributed by atoms with van der Waals surface area (Å²) in [5.74, 6) is 1.13. The van der Waals surface area contributed by atoms with E-state index in [1.807, 2.05) is 42.5 Å². The molecule has 3 aromatic carbocycles. The third kappa shape index (κ3) is 4.15. The predicted octanol–water partition coefficient (Wildman–Crippen LogP) is 5.69. The van der Waals surface area contributed by atoms with E-state index in [4.69, 9.17) is 16.3 Å². The normalized spacial score (nSPS) is 14.5. The highest BCUT2D eigenvalue weighted by molar-refractivity contribution is 7.98. The Hall–Kier alpha value is -3.29. The number of phenolic OH excluding ortho intramolecular Hbond substituents is 1. The van der Waals surface area contributed by atoms with Crippen LogP contribution in [0.2, 0.25) is 5.02 Å². The summed E-state index contributed by atoms with van der Waals surface area (Å²) in [6.07, 6.45) is -0.566. The molecule has 1 unspecified atom stereocenters. The Labute approximate surface area is 188 Å². The standard InChI is InChI=1S/C23H17ClN4O2S/c24-17-12-15(10-11-19(17)29)21-25-18-9-5-4-8-16(18)20-22(30-21)26-23(28-27-20)31-13-14-6-2-1-3-7-14/h1-12,21,25,29H,13H2. The first-order valence-corrected chi connectivity index (χ1v) is 11.0. The van der Waals surface area contributed by atoms with Gasteiger partial charge in [-0.25, -0.2) is 0 Å². The third-order valence-corrected chi connectivity index (χ3v) is 6.03. The van der Waals surface area contributed by atoms with Crippen molar-refractivity contribution >= 4 is 29.1 Å². The molecule has 0 spiro atoms. The second-order valence-electron chi connectivity index (χ2n) is 6.92. The number of anilines is 1. The summed E-state index contributed by atoms with van der Waals surface area (Å²) in [5, 5.41) is 22.7. The number of ether oxygens (including phenoxy) is 1. The van der Waals surface area contributed by atoms with Crippen LogP contribution in [-0.2, 0) is 5.75 Å². The number of fused-ring (bicyclic) bond motifs is 3. The fourth-order valence-electron chi connectivity index (χ4n) is 3.27. The van der Waals surface area contributed by atoms with Crippen molar-refractivity contribution < 1.29 is 9.84 Å². The number of benzene rings is 3. The molecule has 31 heavy (non-hydrogen) atoms. The molecule has 0 radical (unpaired) electrons. The molecule has 2 heterocycles. The van der Waals surface area contributed by atoms with Crippen molar-refractivity contribution in [1.82, 2.24) is 15.2 Å². The maximum Gasteiger partial charge on any atom is 0.247 e. The number of halogens is 1. The number of aromatic hydroxyl groups is 1. The van der Waals surface area contributed by atoms with Gasteiger partial charge in [-0.2, -0.15) is 4.98 Å². The highest BCUT2D eigenvalue weighted by atomic mass is 35.5. The molecule has 154 valence electrons. The summed E-state index contributed by atoms with van der Waals surface area (Å²) in [6.45, 7) is 0. The van der Waals surface area contributed by atoms with Crippen molar-refractivity contribution in [3.8, 4) is 22.9 Å². The smallest absolute Gasteiger partial charge is 0.247 e. The number of nitrogens with one attached hydrogen (secondary N) is 1. The molecule has 2 N–H and O–H groups in total. The lowest BCUT2D eigenvalue weighted by atomic mass is 10.1. The van der Waals surface area contributed by atoms with Crippen LogP contribution in [0.3, 0.4) is 0 Å². The number of hydrogen-bond donors (Lipinski definition) is 2. The lowest BCUT2D eigenvalue weighted by Crippen LogP contribution is -2.17. The van der Waals surface area contributed by atoms with Gasteiger partial charge < -0.3 is 15.2 Å². The summed E-state index contributed by atoms with van der Waals surface area (Å²) in [4.78, 5) is 4.65. The summed E-state index contributed by atoms with van der Waals surface area (Å²) < 4.78 is 6.23. The Balaban J connectivity index is 1.51. The molecule has 0 bridgehead atoms. The zero-order chi connectivity index (χ0) is 21.2. The van der Waals surface area contributed by atoms with E-state index in [0.717, 1.165) is 22.6 Å². The number of thioether (sulfide) groups is 1. The molecule has 1 atom stereocenters. The van der Waals surface area contributed by atoms with Crippen LogP contribution in [0.5, 0.6) is 11.6 Å². The molecule has 0 fully saturated rings. The van der Waals surface area contributed by atoms with Crippen LogP contribution in [0.1, 0.15) is 17.4 Å². The Morgan fingerprint density at radius 3 is 2.65 bits per heavy atom.